The third-order valence-electron chi connectivity index (χ3n) is 1.45. The van der Waals surface area contributed by atoms with Gasteiger partial charge in [-0.05, 0) is 12.8 Å². The second kappa shape index (κ2) is 5.57. The summed E-state index contributed by atoms with van der Waals surface area (Å²) >= 11 is 0. The van der Waals surface area contributed by atoms with Crippen LogP contribution in [0.3, 0.4) is 0 Å². The Morgan fingerprint density at radius 2 is 2.08 bits per heavy atom. The first-order valence-electron chi connectivity index (χ1n) is 4.04. The summed E-state index contributed by atoms with van der Waals surface area (Å²) in [6.45, 7) is 3.26. The number of amides is 1. The minimum Gasteiger partial charge on any atom is -0.452 e. The number of hydrogen-bond acceptors (Lipinski definition) is 3. The van der Waals surface area contributed by atoms with Crippen molar-refractivity contribution in [3.63, 3.8) is 0 Å². The van der Waals surface area contributed by atoms with Crippen LogP contribution in [0.15, 0.2) is 0 Å². The second-order valence-corrected chi connectivity index (χ2v) is 2.64. The minimum atomic E-state index is -0.748. The van der Waals surface area contributed by atoms with Gasteiger partial charge in [-0.1, -0.05) is 13.3 Å². The zero-order valence-electron chi connectivity index (χ0n) is 7.50. The number of rotatable bonds is 5. The molecule has 0 fully saturated rings. The predicted molar refractivity (Wildman–Crippen MR) is 44.3 cm³/mol. The lowest BCUT2D eigenvalue weighted by Gasteiger charge is -2.12. The molecule has 2 N–H and O–H groups in total. The highest BCUT2D eigenvalue weighted by molar-refractivity contribution is 5.81. The van der Waals surface area contributed by atoms with Crippen molar-refractivity contribution in [2.75, 3.05) is 0 Å². The van der Waals surface area contributed by atoms with Crippen molar-refractivity contribution in [3.8, 4) is 0 Å². The molecule has 0 unspecified atom stereocenters. The fraction of sp³-hybridized carbons (Fsp3) is 0.750. The molecule has 0 aromatic rings. The summed E-state index contributed by atoms with van der Waals surface area (Å²) in [5.41, 5.74) is 5.01. The molecule has 0 bridgehead atoms. The molecule has 0 radical (unpaired) electrons. The summed E-state index contributed by atoms with van der Waals surface area (Å²) in [5.74, 6) is -1.03. The number of nitrogens with two attached hydrogens (primary N) is 1. The Labute approximate surface area is 72.1 Å². The Kier molecular flexibility index (Phi) is 5.08. The van der Waals surface area contributed by atoms with Crippen molar-refractivity contribution < 1.29 is 14.3 Å². The van der Waals surface area contributed by atoms with Gasteiger partial charge in [-0.25, -0.2) is 0 Å². The molecule has 0 aromatic heterocycles. The number of carbonyl (C=O) groups excluding carboxylic acids is 2. The van der Waals surface area contributed by atoms with Gasteiger partial charge in [0, 0.05) is 6.92 Å². The maximum atomic E-state index is 10.7. The topological polar surface area (TPSA) is 69.4 Å². The minimum absolute atomic E-state index is 0.463. The van der Waals surface area contributed by atoms with Crippen molar-refractivity contribution in [1.82, 2.24) is 0 Å². The van der Waals surface area contributed by atoms with Crippen LogP contribution in [0.1, 0.15) is 33.1 Å². The van der Waals surface area contributed by atoms with Gasteiger partial charge >= 0.3 is 5.97 Å². The first-order valence-corrected chi connectivity index (χ1v) is 4.04. The molecule has 0 heterocycles. The molecule has 12 heavy (non-hydrogen) atoms. The number of unbranched alkanes of at least 4 members (excludes halogenated alkanes) is 1. The van der Waals surface area contributed by atoms with Gasteiger partial charge in [0.1, 0.15) is 0 Å². The number of primary amides is 1. The van der Waals surface area contributed by atoms with E-state index >= 15 is 0 Å². The van der Waals surface area contributed by atoms with E-state index < -0.39 is 18.0 Å². The van der Waals surface area contributed by atoms with E-state index in [1.807, 2.05) is 6.92 Å². The Bertz CT molecular complexity index is 168. The van der Waals surface area contributed by atoms with Gasteiger partial charge in [-0.2, -0.15) is 0 Å². The molecule has 0 rings (SSSR count). The number of ether oxygens (including phenoxy) is 1. The van der Waals surface area contributed by atoms with Gasteiger partial charge in [0.25, 0.3) is 5.91 Å². The van der Waals surface area contributed by atoms with E-state index in [0.29, 0.717) is 6.42 Å². The Hall–Kier alpha value is -1.06. The quantitative estimate of drug-likeness (QED) is 0.619. The molecule has 1 amide bonds. The van der Waals surface area contributed by atoms with Crippen LogP contribution in [-0.2, 0) is 14.3 Å². The van der Waals surface area contributed by atoms with E-state index in [9.17, 15) is 9.59 Å². The van der Waals surface area contributed by atoms with Crippen LogP contribution in [0.25, 0.3) is 0 Å². The maximum absolute atomic E-state index is 10.7. The third kappa shape index (κ3) is 4.71. The van der Waals surface area contributed by atoms with Crippen LogP contribution in [0, 0.1) is 0 Å². The molecule has 0 aliphatic heterocycles. The normalized spacial score (nSPS) is 12.2. The zero-order chi connectivity index (χ0) is 9.56. The summed E-state index contributed by atoms with van der Waals surface area (Å²) in [5, 5.41) is 0. The van der Waals surface area contributed by atoms with Gasteiger partial charge < -0.3 is 10.5 Å². The molecule has 0 spiro atoms. The first kappa shape index (κ1) is 10.9. The summed E-state index contributed by atoms with van der Waals surface area (Å²) < 4.78 is 4.70. The standard InChI is InChI=1S/C8H15NO3/c1-3-4-5-7(8(9)11)12-6(2)10/h7H,3-5H2,1-2H3,(H2,9,11)/t7-/m0/s1. The fourth-order valence-electron chi connectivity index (χ4n) is 0.849. The molecule has 0 aliphatic carbocycles. The lowest BCUT2D eigenvalue weighted by molar-refractivity contribution is -0.153. The van der Waals surface area contributed by atoms with Crippen molar-refractivity contribution in [1.29, 1.82) is 0 Å². The molecule has 70 valence electrons. The zero-order valence-corrected chi connectivity index (χ0v) is 7.50. The maximum Gasteiger partial charge on any atom is 0.303 e. The molecule has 0 saturated heterocycles. The first-order chi connectivity index (χ1) is 5.57. The smallest absolute Gasteiger partial charge is 0.303 e. The summed E-state index contributed by atoms with van der Waals surface area (Å²) in [6.07, 6.45) is 1.56. The molecule has 0 saturated carbocycles. The SMILES string of the molecule is CCCC[C@H](OC(C)=O)C(N)=O. The van der Waals surface area contributed by atoms with Crippen molar-refractivity contribution in [2.24, 2.45) is 5.73 Å². The third-order valence-corrected chi connectivity index (χ3v) is 1.45. The number of hydrogen-bond donors (Lipinski definition) is 1. The predicted octanol–water partition coefficient (Wildman–Crippen LogP) is 0.594. The largest absolute Gasteiger partial charge is 0.452 e. The molecule has 0 aromatic carbocycles. The van der Waals surface area contributed by atoms with Crippen molar-refractivity contribution >= 4 is 11.9 Å². The molecular formula is C8H15NO3. The van der Waals surface area contributed by atoms with E-state index in [0.717, 1.165) is 12.8 Å². The van der Waals surface area contributed by atoms with Gasteiger partial charge in [-0.3, -0.25) is 9.59 Å². The molecular weight excluding hydrogens is 158 g/mol. The Morgan fingerprint density at radius 1 is 1.50 bits per heavy atom. The van der Waals surface area contributed by atoms with Crippen LogP contribution in [0.4, 0.5) is 0 Å². The van der Waals surface area contributed by atoms with E-state index in [1.54, 1.807) is 0 Å². The average Bonchev–Trinajstić information content (AvgIpc) is 1.96. The second-order valence-electron chi connectivity index (χ2n) is 2.64. The highest BCUT2D eigenvalue weighted by Gasteiger charge is 2.16. The van der Waals surface area contributed by atoms with E-state index in [-0.39, 0.29) is 0 Å². The monoisotopic (exact) mass is 173 g/mol. The highest BCUT2D eigenvalue weighted by atomic mass is 16.5. The van der Waals surface area contributed by atoms with Crippen molar-refractivity contribution in [2.45, 2.75) is 39.2 Å². The number of carbonyl (C=O) groups is 2. The van der Waals surface area contributed by atoms with Crippen molar-refractivity contribution in [3.05, 3.63) is 0 Å². The van der Waals surface area contributed by atoms with Gasteiger partial charge in [0.05, 0.1) is 0 Å². The summed E-state index contributed by atoms with van der Waals surface area (Å²) in [6, 6.07) is 0. The van der Waals surface area contributed by atoms with Crippen LogP contribution in [0.5, 0.6) is 0 Å². The molecule has 0 aliphatic rings. The van der Waals surface area contributed by atoms with E-state index in [2.05, 4.69) is 0 Å². The Morgan fingerprint density at radius 3 is 2.42 bits per heavy atom. The van der Waals surface area contributed by atoms with Gasteiger partial charge in [-0.15, -0.1) is 0 Å². The fourth-order valence-corrected chi connectivity index (χ4v) is 0.849. The van der Waals surface area contributed by atoms with Gasteiger partial charge in [0.15, 0.2) is 6.10 Å². The van der Waals surface area contributed by atoms with Crippen LogP contribution >= 0.6 is 0 Å². The Balaban J connectivity index is 3.87. The van der Waals surface area contributed by atoms with E-state index in [1.165, 1.54) is 6.92 Å². The van der Waals surface area contributed by atoms with Crippen LogP contribution in [0.2, 0.25) is 0 Å². The summed E-state index contributed by atoms with van der Waals surface area (Å²) in [7, 11) is 0. The summed E-state index contributed by atoms with van der Waals surface area (Å²) in [4.78, 5) is 21.2. The molecule has 4 heteroatoms. The van der Waals surface area contributed by atoms with Crippen LogP contribution < -0.4 is 5.73 Å². The van der Waals surface area contributed by atoms with Crippen LogP contribution in [-0.4, -0.2) is 18.0 Å². The average molecular weight is 173 g/mol. The number of esters is 1. The highest BCUT2D eigenvalue weighted by Crippen LogP contribution is 2.04. The molecule has 4 nitrogen and oxygen atoms in total. The lowest BCUT2D eigenvalue weighted by atomic mass is 10.1. The lowest BCUT2D eigenvalue weighted by Crippen LogP contribution is -2.32. The molecule has 1 atom stereocenters. The van der Waals surface area contributed by atoms with E-state index in [4.69, 9.17) is 10.5 Å². The van der Waals surface area contributed by atoms with Gasteiger partial charge in [0.2, 0.25) is 0 Å².